The van der Waals surface area contributed by atoms with E-state index in [0.717, 1.165) is 24.2 Å². The summed E-state index contributed by atoms with van der Waals surface area (Å²) in [5.41, 5.74) is 1.71. The van der Waals surface area contributed by atoms with Gasteiger partial charge in [0.25, 0.3) is 0 Å². The van der Waals surface area contributed by atoms with Crippen LogP contribution in [0.5, 0.6) is 11.8 Å². The molecule has 6 heteroatoms. The van der Waals surface area contributed by atoms with Crippen molar-refractivity contribution < 1.29 is 9.13 Å². The molecule has 0 unspecified atom stereocenters. The summed E-state index contributed by atoms with van der Waals surface area (Å²) in [5.74, 6) is -0.0554. The maximum absolute atomic E-state index is 13.4. The van der Waals surface area contributed by atoms with E-state index in [9.17, 15) is 4.39 Å². The van der Waals surface area contributed by atoms with Gasteiger partial charge in [0.15, 0.2) is 0 Å². The standard InChI is InChI=1S/C13H13BrFN3O/c1-3-11-12(4-2)17-18-13(16-11)19-8-5-6-9(14)10(15)7-8/h5-7H,3-4H2,1-2H3. The molecule has 100 valence electrons. The summed E-state index contributed by atoms with van der Waals surface area (Å²) in [6.07, 6.45) is 1.53. The van der Waals surface area contributed by atoms with E-state index in [2.05, 4.69) is 31.1 Å². The molecular weight excluding hydrogens is 313 g/mol. The Bertz CT molecular complexity index is 592. The summed E-state index contributed by atoms with van der Waals surface area (Å²) in [7, 11) is 0. The summed E-state index contributed by atoms with van der Waals surface area (Å²) in [6.45, 7) is 3.99. The molecule has 0 aliphatic carbocycles. The fourth-order valence-electron chi connectivity index (χ4n) is 1.61. The second-order valence-electron chi connectivity index (χ2n) is 3.87. The number of hydrogen-bond donors (Lipinski definition) is 0. The first-order valence-electron chi connectivity index (χ1n) is 5.99. The topological polar surface area (TPSA) is 47.9 Å². The number of rotatable bonds is 4. The smallest absolute Gasteiger partial charge is 0.341 e. The van der Waals surface area contributed by atoms with Crippen molar-refractivity contribution >= 4 is 15.9 Å². The van der Waals surface area contributed by atoms with E-state index in [1.54, 1.807) is 12.1 Å². The largest absolute Gasteiger partial charge is 0.423 e. The van der Waals surface area contributed by atoms with Crippen molar-refractivity contribution in [2.75, 3.05) is 0 Å². The van der Waals surface area contributed by atoms with Crippen LogP contribution in [0.25, 0.3) is 0 Å². The van der Waals surface area contributed by atoms with Gasteiger partial charge in [-0.15, -0.1) is 5.10 Å². The highest BCUT2D eigenvalue weighted by Gasteiger charge is 2.09. The molecule has 0 saturated heterocycles. The predicted octanol–water partition coefficient (Wildman–Crippen LogP) is 3.69. The fourth-order valence-corrected chi connectivity index (χ4v) is 1.86. The minimum atomic E-state index is -0.397. The molecule has 0 fully saturated rings. The maximum atomic E-state index is 13.4. The van der Waals surface area contributed by atoms with Gasteiger partial charge in [-0.3, -0.25) is 0 Å². The fraction of sp³-hybridized carbons (Fsp3) is 0.308. The number of ether oxygens (including phenoxy) is 1. The van der Waals surface area contributed by atoms with E-state index in [1.165, 1.54) is 6.07 Å². The lowest BCUT2D eigenvalue weighted by Crippen LogP contribution is -2.04. The molecule has 2 rings (SSSR count). The van der Waals surface area contributed by atoms with E-state index in [1.807, 2.05) is 13.8 Å². The van der Waals surface area contributed by atoms with Crippen LogP contribution in [0.1, 0.15) is 25.2 Å². The molecule has 0 radical (unpaired) electrons. The molecule has 0 aliphatic rings. The first kappa shape index (κ1) is 13.9. The van der Waals surface area contributed by atoms with Crippen LogP contribution in [0.2, 0.25) is 0 Å². The molecule has 0 spiro atoms. The number of hydrogen-bond acceptors (Lipinski definition) is 4. The number of aromatic nitrogens is 3. The van der Waals surface area contributed by atoms with E-state index in [-0.39, 0.29) is 6.01 Å². The normalized spacial score (nSPS) is 10.5. The van der Waals surface area contributed by atoms with Crippen molar-refractivity contribution in [2.24, 2.45) is 0 Å². The quantitative estimate of drug-likeness (QED) is 0.860. The van der Waals surface area contributed by atoms with Gasteiger partial charge >= 0.3 is 6.01 Å². The van der Waals surface area contributed by atoms with Gasteiger partial charge in [0, 0.05) is 6.07 Å². The molecular formula is C13H13BrFN3O. The molecule has 1 aromatic heterocycles. The van der Waals surface area contributed by atoms with Gasteiger partial charge in [-0.25, -0.2) is 4.39 Å². The van der Waals surface area contributed by atoms with E-state index in [4.69, 9.17) is 4.74 Å². The molecule has 0 aliphatic heterocycles. The van der Waals surface area contributed by atoms with Crippen LogP contribution in [0.3, 0.4) is 0 Å². The van der Waals surface area contributed by atoms with Gasteiger partial charge in [0.2, 0.25) is 0 Å². The van der Waals surface area contributed by atoms with Crippen molar-refractivity contribution in [2.45, 2.75) is 26.7 Å². The summed E-state index contributed by atoms with van der Waals surface area (Å²) >= 11 is 3.08. The van der Waals surface area contributed by atoms with Gasteiger partial charge in [0.05, 0.1) is 15.9 Å². The average molecular weight is 326 g/mol. The van der Waals surface area contributed by atoms with Crippen LogP contribution < -0.4 is 4.74 Å². The van der Waals surface area contributed by atoms with Crippen LogP contribution in [0.4, 0.5) is 4.39 Å². The van der Waals surface area contributed by atoms with Crippen LogP contribution in [-0.2, 0) is 12.8 Å². The van der Waals surface area contributed by atoms with Crippen molar-refractivity contribution in [3.8, 4) is 11.8 Å². The van der Waals surface area contributed by atoms with Crippen LogP contribution in [0.15, 0.2) is 22.7 Å². The lowest BCUT2D eigenvalue weighted by Gasteiger charge is -2.07. The highest BCUT2D eigenvalue weighted by molar-refractivity contribution is 9.10. The second kappa shape index (κ2) is 6.06. The van der Waals surface area contributed by atoms with Crippen LogP contribution in [-0.4, -0.2) is 15.2 Å². The minimum absolute atomic E-state index is 0.135. The van der Waals surface area contributed by atoms with E-state index >= 15 is 0 Å². The first-order valence-corrected chi connectivity index (χ1v) is 6.78. The van der Waals surface area contributed by atoms with Gasteiger partial charge < -0.3 is 4.74 Å². The molecule has 0 N–H and O–H groups in total. The van der Waals surface area contributed by atoms with Gasteiger partial charge in [-0.2, -0.15) is 4.98 Å². The van der Waals surface area contributed by atoms with Crippen molar-refractivity contribution in [3.05, 3.63) is 39.9 Å². The van der Waals surface area contributed by atoms with Gasteiger partial charge in [0.1, 0.15) is 11.6 Å². The Morgan fingerprint density at radius 3 is 2.53 bits per heavy atom. The van der Waals surface area contributed by atoms with E-state index in [0.29, 0.717) is 10.2 Å². The molecule has 0 saturated carbocycles. The number of aryl methyl sites for hydroxylation is 2. The second-order valence-corrected chi connectivity index (χ2v) is 4.73. The Kier molecular flexibility index (Phi) is 4.42. The number of benzene rings is 1. The van der Waals surface area contributed by atoms with Gasteiger partial charge in [-0.05, 0) is 40.9 Å². The molecule has 1 heterocycles. The third-order valence-corrected chi connectivity index (χ3v) is 3.23. The Labute approximate surface area is 119 Å². The molecule has 0 amide bonds. The lowest BCUT2D eigenvalue weighted by atomic mass is 10.2. The molecule has 4 nitrogen and oxygen atoms in total. The molecule has 2 aromatic rings. The van der Waals surface area contributed by atoms with Crippen molar-refractivity contribution in [1.29, 1.82) is 0 Å². The van der Waals surface area contributed by atoms with E-state index < -0.39 is 5.82 Å². The molecule has 19 heavy (non-hydrogen) atoms. The minimum Gasteiger partial charge on any atom is -0.423 e. The Morgan fingerprint density at radius 1 is 1.16 bits per heavy atom. The average Bonchev–Trinajstić information content (AvgIpc) is 2.43. The Hall–Kier alpha value is -1.56. The van der Waals surface area contributed by atoms with Crippen molar-refractivity contribution in [1.82, 2.24) is 15.2 Å². The zero-order valence-corrected chi connectivity index (χ0v) is 12.2. The Balaban J connectivity index is 2.25. The van der Waals surface area contributed by atoms with Gasteiger partial charge in [-0.1, -0.05) is 18.9 Å². The highest BCUT2D eigenvalue weighted by Crippen LogP contribution is 2.24. The van der Waals surface area contributed by atoms with Crippen molar-refractivity contribution in [3.63, 3.8) is 0 Å². The zero-order chi connectivity index (χ0) is 13.8. The molecule has 0 atom stereocenters. The number of halogens is 2. The summed E-state index contributed by atoms with van der Waals surface area (Å²) in [5, 5.41) is 7.95. The summed E-state index contributed by atoms with van der Waals surface area (Å²) < 4.78 is 19.2. The van der Waals surface area contributed by atoms with Crippen LogP contribution >= 0.6 is 15.9 Å². The first-order chi connectivity index (χ1) is 9.13. The molecule has 0 bridgehead atoms. The summed E-state index contributed by atoms with van der Waals surface area (Å²) in [6, 6.07) is 4.61. The summed E-state index contributed by atoms with van der Waals surface area (Å²) in [4.78, 5) is 4.28. The molecule has 1 aromatic carbocycles. The zero-order valence-electron chi connectivity index (χ0n) is 10.7. The highest BCUT2D eigenvalue weighted by atomic mass is 79.9. The Morgan fingerprint density at radius 2 is 1.89 bits per heavy atom. The number of nitrogens with zero attached hydrogens (tertiary/aromatic N) is 3. The SMILES string of the molecule is CCc1nnc(Oc2ccc(Br)c(F)c2)nc1CC. The third kappa shape index (κ3) is 3.26. The monoisotopic (exact) mass is 325 g/mol. The predicted molar refractivity (Wildman–Crippen MR) is 72.8 cm³/mol. The van der Waals surface area contributed by atoms with Crippen LogP contribution in [0, 0.1) is 5.82 Å². The maximum Gasteiger partial charge on any atom is 0.341 e. The lowest BCUT2D eigenvalue weighted by molar-refractivity contribution is 0.425. The third-order valence-electron chi connectivity index (χ3n) is 2.59.